The van der Waals surface area contributed by atoms with Crippen LogP contribution >= 0.6 is 0 Å². The Balaban J connectivity index is 1.61. The molecule has 0 N–H and O–H groups in total. The molecule has 0 saturated carbocycles. The molecule has 0 bridgehead atoms. The second-order valence-electron chi connectivity index (χ2n) is 7.32. The Labute approximate surface area is 161 Å². The third-order valence-corrected chi connectivity index (χ3v) is 5.32. The first-order valence-electron chi connectivity index (χ1n) is 9.78. The lowest BCUT2D eigenvalue weighted by atomic mass is 9.90. The van der Waals surface area contributed by atoms with Crippen LogP contribution in [0.15, 0.2) is 78.9 Å². The standard InChI is InChI=1S/C25H25NO/c27-25(24-16-15-22-13-7-8-14-23(22)17-24)26(18-20-9-3-1-4-10-20)19-21-11-5-2-6-12-21/h1-6,9-12,15-17H,7-8,13-14,18-19H2. The van der Waals surface area contributed by atoms with Crippen molar-refractivity contribution >= 4 is 5.91 Å². The van der Waals surface area contributed by atoms with E-state index in [-0.39, 0.29) is 5.91 Å². The molecule has 3 aromatic rings. The summed E-state index contributed by atoms with van der Waals surface area (Å²) in [5, 5.41) is 0. The molecule has 0 fully saturated rings. The molecular formula is C25H25NO. The van der Waals surface area contributed by atoms with Gasteiger partial charge in [0.05, 0.1) is 0 Å². The van der Waals surface area contributed by atoms with E-state index in [1.165, 1.54) is 24.0 Å². The fraction of sp³-hybridized carbons (Fsp3) is 0.240. The quantitative estimate of drug-likeness (QED) is 0.599. The van der Waals surface area contributed by atoms with Gasteiger partial charge in [0, 0.05) is 18.7 Å². The molecule has 0 radical (unpaired) electrons. The molecule has 0 heterocycles. The molecule has 136 valence electrons. The minimum absolute atomic E-state index is 0.107. The summed E-state index contributed by atoms with van der Waals surface area (Å²) in [6, 6.07) is 26.7. The lowest BCUT2D eigenvalue weighted by molar-refractivity contribution is 0.0730. The van der Waals surface area contributed by atoms with Crippen LogP contribution in [0.4, 0.5) is 0 Å². The highest BCUT2D eigenvalue weighted by molar-refractivity contribution is 5.94. The number of hydrogen-bond acceptors (Lipinski definition) is 1. The molecule has 27 heavy (non-hydrogen) atoms. The van der Waals surface area contributed by atoms with Crippen LogP contribution in [-0.4, -0.2) is 10.8 Å². The summed E-state index contributed by atoms with van der Waals surface area (Å²) in [5.41, 5.74) is 5.88. The lowest BCUT2D eigenvalue weighted by Gasteiger charge is -2.24. The number of rotatable bonds is 5. The fourth-order valence-electron chi connectivity index (χ4n) is 3.86. The van der Waals surface area contributed by atoms with E-state index >= 15 is 0 Å². The maximum absolute atomic E-state index is 13.4. The molecule has 1 amide bonds. The van der Waals surface area contributed by atoms with Crippen molar-refractivity contribution in [1.29, 1.82) is 0 Å². The zero-order valence-corrected chi connectivity index (χ0v) is 15.6. The van der Waals surface area contributed by atoms with Gasteiger partial charge in [-0.15, -0.1) is 0 Å². The monoisotopic (exact) mass is 355 g/mol. The third-order valence-electron chi connectivity index (χ3n) is 5.32. The van der Waals surface area contributed by atoms with Crippen molar-refractivity contribution in [3.8, 4) is 0 Å². The summed E-state index contributed by atoms with van der Waals surface area (Å²) in [6.45, 7) is 1.23. The predicted molar refractivity (Wildman–Crippen MR) is 110 cm³/mol. The minimum atomic E-state index is 0.107. The van der Waals surface area contributed by atoms with E-state index in [1.54, 1.807) is 0 Å². The maximum Gasteiger partial charge on any atom is 0.254 e. The Morgan fingerprint density at radius 3 is 1.85 bits per heavy atom. The van der Waals surface area contributed by atoms with Gasteiger partial charge in [0.15, 0.2) is 0 Å². The van der Waals surface area contributed by atoms with Crippen LogP contribution in [0.1, 0.15) is 45.5 Å². The van der Waals surface area contributed by atoms with E-state index in [0.717, 1.165) is 29.5 Å². The Morgan fingerprint density at radius 1 is 0.704 bits per heavy atom. The predicted octanol–water partition coefficient (Wildman–Crippen LogP) is 5.41. The normalized spacial score (nSPS) is 13.0. The van der Waals surface area contributed by atoms with Gasteiger partial charge in [-0.1, -0.05) is 66.7 Å². The van der Waals surface area contributed by atoms with Gasteiger partial charge < -0.3 is 4.90 Å². The summed E-state index contributed by atoms with van der Waals surface area (Å²) < 4.78 is 0. The van der Waals surface area contributed by atoms with Gasteiger partial charge >= 0.3 is 0 Å². The second-order valence-corrected chi connectivity index (χ2v) is 7.32. The first-order valence-corrected chi connectivity index (χ1v) is 9.78. The SMILES string of the molecule is O=C(c1ccc2c(c1)CCCC2)N(Cc1ccccc1)Cc1ccccc1. The second kappa shape index (κ2) is 8.22. The molecule has 1 aliphatic rings. The Bertz CT molecular complexity index is 861. The van der Waals surface area contributed by atoms with Crippen LogP contribution in [0.5, 0.6) is 0 Å². The van der Waals surface area contributed by atoms with Gasteiger partial charge in [0.1, 0.15) is 0 Å². The van der Waals surface area contributed by atoms with Crippen molar-refractivity contribution in [3.05, 3.63) is 107 Å². The average Bonchev–Trinajstić information content (AvgIpc) is 2.74. The fourth-order valence-corrected chi connectivity index (χ4v) is 3.86. The number of benzene rings is 3. The number of nitrogens with zero attached hydrogens (tertiary/aromatic N) is 1. The summed E-state index contributed by atoms with van der Waals surface area (Å²) in [7, 11) is 0. The highest BCUT2D eigenvalue weighted by Crippen LogP contribution is 2.23. The largest absolute Gasteiger partial charge is 0.330 e. The number of carbonyl (C=O) groups is 1. The van der Waals surface area contributed by atoms with Crippen LogP contribution in [0.3, 0.4) is 0 Å². The van der Waals surface area contributed by atoms with E-state index in [2.05, 4.69) is 36.4 Å². The number of carbonyl (C=O) groups excluding carboxylic acids is 1. The molecule has 0 aliphatic heterocycles. The maximum atomic E-state index is 13.4. The zero-order valence-electron chi connectivity index (χ0n) is 15.6. The number of amides is 1. The molecule has 0 spiro atoms. The van der Waals surface area contributed by atoms with Crippen LogP contribution in [0.25, 0.3) is 0 Å². The van der Waals surface area contributed by atoms with Crippen LogP contribution in [-0.2, 0) is 25.9 Å². The van der Waals surface area contributed by atoms with Crippen LogP contribution in [0, 0.1) is 0 Å². The number of hydrogen-bond donors (Lipinski definition) is 0. The molecule has 0 saturated heterocycles. The van der Waals surface area contributed by atoms with Crippen molar-refractivity contribution < 1.29 is 4.79 Å². The van der Waals surface area contributed by atoms with Crippen molar-refractivity contribution in [1.82, 2.24) is 4.90 Å². The Kier molecular flexibility index (Phi) is 5.34. The van der Waals surface area contributed by atoms with Crippen molar-refractivity contribution in [3.63, 3.8) is 0 Å². The number of fused-ring (bicyclic) bond motifs is 1. The number of aryl methyl sites for hydroxylation is 2. The highest BCUT2D eigenvalue weighted by Gasteiger charge is 2.19. The summed E-state index contributed by atoms with van der Waals surface area (Å²) in [6.07, 6.45) is 4.71. The van der Waals surface area contributed by atoms with Gasteiger partial charge in [-0.3, -0.25) is 4.79 Å². The molecule has 4 rings (SSSR count). The molecule has 2 nitrogen and oxygen atoms in total. The average molecular weight is 355 g/mol. The van der Waals surface area contributed by atoms with Gasteiger partial charge in [0.2, 0.25) is 0 Å². The molecule has 0 unspecified atom stereocenters. The van der Waals surface area contributed by atoms with E-state index in [4.69, 9.17) is 0 Å². The Morgan fingerprint density at radius 2 is 1.26 bits per heavy atom. The van der Waals surface area contributed by atoms with E-state index in [9.17, 15) is 4.79 Å². The van der Waals surface area contributed by atoms with E-state index < -0.39 is 0 Å². The molecule has 0 atom stereocenters. The van der Waals surface area contributed by atoms with Crippen molar-refractivity contribution in [2.75, 3.05) is 0 Å². The van der Waals surface area contributed by atoms with E-state index in [1.807, 2.05) is 47.4 Å². The third kappa shape index (κ3) is 4.28. The van der Waals surface area contributed by atoms with Gasteiger partial charge in [0.25, 0.3) is 5.91 Å². The zero-order chi connectivity index (χ0) is 18.5. The lowest BCUT2D eigenvalue weighted by Crippen LogP contribution is -2.30. The Hall–Kier alpha value is -2.87. The molecule has 3 aromatic carbocycles. The van der Waals surface area contributed by atoms with Crippen molar-refractivity contribution in [2.45, 2.75) is 38.8 Å². The molecule has 2 heteroatoms. The van der Waals surface area contributed by atoms with Crippen LogP contribution in [0.2, 0.25) is 0 Å². The summed E-state index contributed by atoms with van der Waals surface area (Å²) >= 11 is 0. The first kappa shape index (κ1) is 17.5. The smallest absolute Gasteiger partial charge is 0.254 e. The van der Waals surface area contributed by atoms with Gasteiger partial charge in [-0.05, 0) is 60.1 Å². The first-order chi connectivity index (χ1) is 13.3. The molecular weight excluding hydrogens is 330 g/mol. The summed E-state index contributed by atoms with van der Waals surface area (Å²) in [5.74, 6) is 0.107. The van der Waals surface area contributed by atoms with Gasteiger partial charge in [-0.2, -0.15) is 0 Å². The molecule has 0 aromatic heterocycles. The summed E-state index contributed by atoms with van der Waals surface area (Å²) in [4.78, 5) is 15.3. The van der Waals surface area contributed by atoms with E-state index in [0.29, 0.717) is 13.1 Å². The molecule has 1 aliphatic carbocycles. The van der Waals surface area contributed by atoms with Gasteiger partial charge in [-0.25, -0.2) is 0 Å². The minimum Gasteiger partial charge on any atom is -0.330 e. The topological polar surface area (TPSA) is 20.3 Å². The highest BCUT2D eigenvalue weighted by atomic mass is 16.2. The van der Waals surface area contributed by atoms with Crippen molar-refractivity contribution in [2.24, 2.45) is 0 Å². The van der Waals surface area contributed by atoms with Crippen LogP contribution < -0.4 is 0 Å².